The van der Waals surface area contributed by atoms with Crippen LogP contribution in [0.25, 0.3) is 0 Å². The van der Waals surface area contributed by atoms with Gasteiger partial charge in [-0.25, -0.2) is 4.98 Å². The van der Waals surface area contributed by atoms with Crippen LogP contribution in [-0.4, -0.2) is 45.7 Å². The molecular formula is C19H23N3O3. The van der Waals surface area contributed by atoms with Gasteiger partial charge in [0.2, 0.25) is 6.10 Å². The van der Waals surface area contributed by atoms with Crippen LogP contribution in [-0.2, 0) is 4.79 Å². The van der Waals surface area contributed by atoms with Crippen LogP contribution in [0.15, 0.2) is 36.7 Å². The smallest absolute Gasteiger partial charge is 0.267 e. The van der Waals surface area contributed by atoms with Gasteiger partial charge in [-0.05, 0) is 38.8 Å². The maximum Gasteiger partial charge on any atom is 0.267 e. The summed E-state index contributed by atoms with van der Waals surface area (Å²) < 4.78 is 14.0. The van der Waals surface area contributed by atoms with Crippen molar-refractivity contribution in [1.82, 2.24) is 14.5 Å². The topological polar surface area (TPSA) is 56.6 Å². The Balaban J connectivity index is 1.50. The number of aromatic nitrogens is 2. The lowest BCUT2D eigenvalue weighted by molar-refractivity contribution is -0.146. The van der Waals surface area contributed by atoms with E-state index < -0.39 is 6.10 Å². The zero-order chi connectivity index (χ0) is 17.4. The predicted molar refractivity (Wildman–Crippen MR) is 92.8 cm³/mol. The maximum atomic E-state index is 13.1. The molecule has 3 atom stereocenters. The molecule has 1 aromatic carbocycles. The molecule has 0 saturated carbocycles. The van der Waals surface area contributed by atoms with Gasteiger partial charge in [0.25, 0.3) is 5.91 Å². The third kappa shape index (κ3) is 2.97. The number of nitrogens with zero attached hydrogens (tertiary/aromatic N) is 3. The SMILES string of the molecule is Cc1nccn1[C@@H]1CCCN(C(=O)[C@H]2Oc3ccccc3O[C@@H]2C)C1. The first-order valence-electron chi connectivity index (χ1n) is 8.84. The Morgan fingerprint density at radius 1 is 1.24 bits per heavy atom. The van der Waals surface area contributed by atoms with Gasteiger partial charge in [0.1, 0.15) is 11.9 Å². The number of ether oxygens (including phenoxy) is 2. The van der Waals surface area contributed by atoms with Crippen LogP contribution >= 0.6 is 0 Å². The van der Waals surface area contributed by atoms with Crippen molar-refractivity contribution in [3.05, 3.63) is 42.5 Å². The number of amides is 1. The summed E-state index contributed by atoms with van der Waals surface area (Å²) >= 11 is 0. The highest BCUT2D eigenvalue weighted by Gasteiger charge is 2.38. The average Bonchev–Trinajstić information content (AvgIpc) is 3.06. The molecule has 6 heteroatoms. The second-order valence-corrected chi connectivity index (χ2v) is 6.77. The lowest BCUT2D eigenvalue weighted by atomic mass is 10.0. The number of hydrogen-bond donors (Lipinski definition) is 0. The van der Waals surface area contributed by atoms with Gasteiger partial charge >= 0.3 is 0 Å². The van der Waals surface area contributed by atoms with Crippen molar-refractivity contribution in [3.8, 4) is 11.5 Å². The number of rotatable bonds is 2. The van der Waals surface area contributed by atoms with Gasteiger partial charge < -0.3 is 18.9 Å². The lowest BCUT2D eigenvalue weighted by Crippen LogP contribution is -2.53. The number of aryl methyl sites for hydroxylation is 1. The van der Waals surface area contributed by atoms with Crippen LogP contribution in [0.1, 0.15) is 31.6 Å². The Hall–Kier alpha value is -2.50. The van der Waals surface area contributed by atoms with Crippen LogP contribution in [0, 0.1) is 6.92 Å². The van der Waals surface area contributed by atoms with Crippen LogP contribution in [0.5, 0.6) is 11.5 Å². The minimum absolute atomic E-state index is 0.00414. The number of carbonyl (C=O) groups is 1. The summed E-state index contributed by atoms with van der Waals surface area (Å²) in [4.78, 5) is 19.3. The van der Waals surface area contributed by atoms with E-state index in [0.29, 0.717) is 18.0 Å². The molecule has 0 aliphatic carbocycles. The number of imidazole rings is 1. The van der Waals surface area contributed by atoms with Gasteiger partial charge in [0.15, 0.2) is 11.5 Å². The molecule has 1 amide bonds. The monoisotopic (exact) mass is 341 g/mol. The number of carbonyl (C=O) groups excluding carboxylic acids is 1. The summed E-state index contributed by atoms with van der Waals surface area (Å²) in [7, 11) is 0. The highest BCUT2D eigenvalue weighted by molar-refractivity contribution is 5.82. The summed E-state index contributed by atoms with van der Waals surface area (Å²) in [5, 5.41) is 0. The molecule has 1 fully saturated rings. The number of hydrogen-bond acceptors (Lipinski definition) is 4. The standard InChI is InChI=1S/C19H23N3O3/c1-13-18(25-17-8-4-3-7-16(17)24-13)19(23)21-10-5-6-15(12-21)22-11-9-20-14(22)2/h3-4,7-9,11,13,15,18H,5-6,10,12H2,1-2H3/t13-,15-,18+/m1/s1. The zero-order valence-corrected chi connectivity index (χ0v) is 14.6. The van der Waals surface area contributed by atoms with Gasteiger partial charge in [0.05, 0.1) is 6.04 Å². The third-order valence-corrected chi connectivity index (χ3v) is 5.05. The van der Waals surface area contributed by atoms with Crippen molar-refractivity contribution in [2.24, 2.45) is 0 Å². The maximum absolute atomic E-state index is 13.1. The van der Waals surface area contributed by atoms with E-state index in [1.165, 1.54) is 0 Å². The summed E-state index contributed by atoms with van der Waals surface area (Å²) in [6.45, 7) is 5.33. The molecule has 2 aliphatic rings. The molecule has 0 spiro atoms. The molecule has 2 aliphatic heterocycles. The summed E-state index contributed by atoms with van der Waals surface area (Å²) in [6.07, 6.45) is 4.93. The van der Waals surface area contributed by atoms with Crippen molar-refractivity contribution in [1.29, 1.82) is 0 Å². The first-order valence-corrected chi connectivity index (χ1v) is 8.84. The molecule has 0 N–H and O–H groups in total. The fourth-order valence-electron chi connectivity index (χ4n) is 3.73. The van der Waals surface area contributed by atoms with Crippen LogP contribution in [0.2, 0.25) is 0 Å². The summed E-state index contributed by atoms with van der Waals surface area (Å²) in [5.41, 5.74) is 0. The summed E-state index contributed by atoms with van der Waals surface area (Å²) in [6, 6.07) is 7.77. The molecule has 3 heterocycles. The number of fused-ring (bicyclic) bond motifs is 1. The number of benzene rings is 1. The fourth-order valence-corrected chi connectivity index (χ4v) is 3.73. The molecule has 0 unspecified atom stereocenters. The molecule has 0 radical (unpaired) electrons. The van der Waals surface area contributed by atoms with Crippen molar-refractivity contribution in [2.75, 3.05) is 13.1 Å². The second kappa shape index (κ2) is 6.43. The molecule has 1 saturated heterocycles. The first kappa shape index (κ1) is 16.0. The van der Waals surface area contributed by atoms with E-state index in [0.717, 1.165) is 25.2 Å². The van der Waals surface area contributed by atoms with E-state index in [9.17, 15) is 4.79 Å². The predicted octanol–water partition coefficient (Wildman–Crippen LogP) is 2.58. The molecule has 6 nitrogen and oxygen atoms in total. The summed E-state index contributed by atoms with van der Waals surface area (Å²) in [5.74, 6) is 2.32. The lowest BCUT2D eigenvalue weighted by Gasteiger charge is -2.38. The highest BCUT2D eigenvalue weighted by Crippen LogP contribution is 2.34. The quantitative estimate of drug-likeness (QED) is 0.842. The van der Waals surface area contributed by atoms with Crippen LogP contribution in [0.4, 0.5) is 0 Å². The minimum Gasteiger partial charge on any atom is -0.482 e. The second-order valence-electron chi connectivity index (χ2n) is 6.77. The van der Waals surface area contributed by atoms with Crippen molar-refractivity contribution >= 4 is 5.91 Å². The minimum atomic E-state index is -0.600. The van der Waals surface area contributed by atoms with Crippen molar-refractivity contribution < 1.29 is 14.3 Å². The Bertz CT molecular complexity index is 773. The number of para-hydroxylation sites is 2. The Labute approximate surface area is 147 Å². The van der Waals surface area contributed by atoms with E-state index in [1.807, 2.05) is 55.4 Å². The van der Waals surface area contributed by atoms with E-state index >= 15 is 0 Å². The van der Waals surface area contributed by atoms with Crippen LogP contribution in [0.3, 0.4) is 0 Å². The van der Waals surface area contributed by atoms with Gasteiger partial charge in [-0.2, -0.15) is 0 Å². The van der Waals surface area contributed by atoms with Gasteiger partial charge in [-0.3, -0.25) is 4.79 Å². The van der Waals surface area contributed by atoms with E-state index in [-0.39, 0.29) is 18.1 Å². The number of piperidine rings is 1. The van der Waals surface area contributed by atoms with Gasteiger partial charge in [-0.15, -0.1) is 0 Å². The van der Waals surface area contributed by atoms with Crippen LogP contribution < -0.4 is 9.47 Å². The van der Waals surface area contributed by atoms with Crippen molar-refractivity contribution in [3.63, 3.8) is 0 Å². The Kier molecular flexibility index (Phi) is 4.11. The van der Waals surface area contributed by atoms with E-state index in [1.54, 1.807) is 0 Å². The normalized spacial score (nSPS) is 25.7. The molecule has 0 bridgehead atoms. The average molecular weight is 341 g/mol. The van der Waals surface area contributed by atoms with Crippen molar-refractivity contribution in [2.45, 2.75) is 44.9 Å². The molecular weight excluding hydrogens is 318 g/mol. The third-order valence-electron chi connectivity index (χ3n) is 5.05. The molecule has 4 rings (SSSR count). The van der Waals surface area contributed by atoms with E-state index in [4.69, 9.17) is 9.47 Å². The molecule has 1 aromatic heterocycles. The van der Waals surface area contributed by atoms with Gasteiger partial charge in [-0.1, -0.05) is 12.1 Å². The first-order chi connectivity index (χ1) is 12.1. The van der Waals surface area contributed by atoms with E-state index in [2.05, 4.69) is 9.55 Å². The largest absolute Gasteiger partial charge is 0.482 e. The molecule has 132 valence electrons. The number of likely N-dealkylation sites (tertiary alicyclic amines) is 1. The fraction of sp³-hybridized carbons (Fsp3) is 0.474. The Morgan fingerprint density at radius 2 is 2.00 bits per heavy atom. The molecule has 25 heavy (non-hydrogen) atoms. The van der Waals surface area contributed by atoms with Gasteiger partial charge in [0, 0.05) is 25.5 Å². The molecule has 2 aromatic rings. The zero-order valence-electron chi connectivity index (χ0n) is 14.6. The highest BCUT2D eigenvalue weighted by atomic mass is 16.6. The Morgan fingerprint density at radius 3 is 2.72 bits per heavy atom.